The predicted molar refractivity (Wildman–Crippen MR) is 94.4 cm³/mol. The molecule has 1 fully saturated rings. The molecule has 0 saturated carbocycles. The van der Waals surface area contributed by atoms with Crippen molar-refractivity contribution in [3.8, 4) is 0 Å². The fraction of sp³-hybridized carbons (Fsp3) is 0.412. The Morgan fingerprint density at radius 1 is 1.40 bits per heavy atom. The third kappa shape index (κ3) is 2.91. The molecule has 0 radical (unpaired) electrons. The lowest BCUT2D eigenvalue weighted by molar-refractivity contribution is 0.0703. The normalized spacial score (nSPS) is 18.0. The van der Waals surface area contributed by atoms with Crippen molar-refractivity contribution in [3.63, 3.8) is 0 Å². The summed E-state index contributed by atoms with van der Waals surface area (Å²) in [5, 5.41) is 17.5. The van der Waals surface area contributed by atoms with Crippen LogP contribution in [0.3, 0.4) is 0 Å². The predicted octanol–water partition coefficient (Wildman–Crippen LogP) is 1.94. The summed E-state index contributed by atoms with van der Waals surface area (Å²) in [7, 11) is 1.86. The lowest BCUT2D eigenvalue weighted by atomic mass is 9.96. The second kappa shape index (κ2) is 6.53. The van der Waals surface area contributed by atoms with Crippen LogP contribution >= 0.6 is 11.3 Å². The van der Waals surface area contributed by atoms with E-state index in [-0.39, 0.29) is 18.4 Å². The molecule has 25 heavy (non-hydrogen) atoms. The summed E-state index contributed by atoms with van der Waals surface area (Å²) in [6, 6.07) is 5.67. The summed E-state index contributed by atoms with van der Waals surface area (Å²) in [4.78, 5) is 19.1. The van der Waals surface area contributed by atoms with Gasteiger partial charge in [0.2, 0.25) is 0 Å². The van der Waals surface area contributed by atoms with Gasteiger partial charge in [0.15, 0.2) is 5.82 Å². The molecule has 0 bridgehead atoms. The fourth-order valence-corrected chi connectivity index (χ4v) is 4.13. The Morgan fingerprint density at radius 3 is 3.08 bits per heavy atom. The largest absolute Gasteiger partial charge is 0.388 e. The Kier molecular flexibility index (Phi) is 4.22. The van der Waals surface area contributed by atoms with Gasteiger partial charge in [0.1, 0.15) is 12.4 Å². The minimum atomic E-state index is -0.131. The number of likely N-dealkylation sites (tertiary alicyclic amines) is 1. The molecule has 1 aliphatic rings. The van der Waals surface area contributed by atoms with Crippen LogP contribution in [0.15, 0.2) is 23.7 Å². The number of carbonyl (C=O) groups is 1. The molecule has 3 heterocycles. The minimum Gasteiger partial charge on any atom is -0.388 e. The third-order valence-corrected chi connectivity index (χ3v) is 5.58. The Bertz CT molecular complexity index is 919. The molecule has 2 aromatic heterocycles. The van der Waals surface area contributed by atoms with E-state index in [1.165, 1.54) is 0 Å². The van der Waals surface area contributed by atoms with Crippen molar-refractivity contribution >= 4 is 27.5 Å². The van der Waals surface area contributed by atoms with E-state index in [0.717, 1.165) is 35.4 Å². The number of hydrogen-bond acceptors (Lipinski definition) is 6. The second-order valence-electron chi connectivity index (χ2n) is 6.32. The highest BCUT2D eigenvalue weighted by molar-refractivity contribution is 7.16. The smallest absolute Gasteiger partial charge is 0.253 e. The molecule has 1 N–H and O–H groups in total. The van der Waals surface area contributed by atoms with Crippen LogP contribution in [0.5, 0.6) is 0 Å². The monoisotopic (exact) mass is 357 g/mol. The number of amides is 1. The van der Waals surface area contributed by atoms with Crippen LogP contribution in [0.4, 0.5) is 0 Å². The highest BCUT2D eigenvalue weighted by atomic mass is 32.1. The molecule has 1 saturated heterocycles. The van der Waals surface area contributed by atoms with E-state index >= 15 is 0 Å². The van der Waals surface area contributed by atoms with E-state index < -0.39 is 0 Å². The average molecular weight is 357 g/mol. The van der Waals surface area contributed by atoms with E-state index in [1.54, 1.807) is 16.8 Å². The van der Waals surface area contributed by atoms with Gasteiger partial charge < -0.3 is 14.6 Å². The molecule has 0 spiro atoms. The summed E-state index contributed by atoms with van der Waals surface area (Å²) in [6.45, 7) is 1.24. The van der Waals surface area contributed by atoms with Crippen molar-refractivity contribution in [2.45, 2.75) is 25.4 Å². The molecule has 1 atom stereocenters. The Hall–Kier alpha value is -2.32. The molecule has 0 unspecified atom stereocenters. The Morgan fingerprint density at radius 2 is 2.28 bits per heavy atom. The zero-order chi connectivity index (χ0) is 17.4. The average Bonchev–Trinajstić information content (AvgIpc) is 3.26. The van der Waals surface area contributed by atoms with Gasteiger partial charge in [0, 0.05) is 31.6 Å². The zero-order valence-corrected chi connectivity index (χ0v) is 14.7. The standard InChI is InChI=1S/C17H19N5O2S/c1-21-15(9-23)19-20-16(21)12-3-2-6-22(8-12)17(24)11-4-5-13-14(7-11)25-10-18-13/h4-5,7,10,12,23H,2-3,6,8-9H2,1H3/t12-/m0/s1. The van der Waals surface area contributed by atoms with Crippen LogP contribution in [-0.4, -0.2) is 48.8 Å². The van der Waals surface area contributed by atoms with Crippen LogP contribution in [0.25, 0.3) is 10.2 Å². The number of aromatic nitrogens is 4. The van der Waals surface area contributed by atoms with Gasteiger partial charge in [-0.1, -0.05) is 0 Å². The number of hydrogen-bond donors (Lipinski definition) is 1. The highest BCUT2D eigenvalue weighted by Gasteiger charge is 2.29. The molecular weight excluding hydrogens is 338 g/mol. The maximum Gasteiger partial charge on any atom is 0.253 e. The van der Waals surface area contributed by atoms with Gasteiger partial charge in [-0.25, -0.2) is 4.98 Å². The SMILES string of the molecule is Cn1c(CO)nnc1[C@H]1CCCN(C(=O)c2ccc3ncsc3c2)C1. The van der Waals surface area contributed by atoms with Crippen LogP contribution in [0.1, 0.15) is 40.8 Å². The van der Waals surface area contributed by atoms with E-state index in [9.17, 15) is 9.90 Å². The van der Waals surface area contributed by atoms with E-state index in [0.29, 0.717) is 17.9 Å². The van der Waals surface area contributed by atoms with Crippen molar-refractivity contribution in [2.24, 2.45) is 7.05 Å². The number of nitrogens with zero attached hydrogens (tertiary/aromatic N) is 5. The molecule has 1 aromatic carbocycles. The molecule has 4 rings (SSSR count). The number of carbonyl (C=O) groups excluding carboxylic acids is 1. The minimum absolute atomic E-state index is 0.0459. The van der Waals surface area contributed by atoms with Crippen molar-refractivity contribution in [1.82, 2.24) is 24.6 Å². The van der Waals surface area contributed by atoms with Gasteiger partial charge in [0.25, 0.3) is 5.91 Å². The Balaban J connectivity index is 1.55. The first kappa shape index (κ1) is 16.2. The number of aliphatic hydroxyl groups is 1. The zero-order valence-electron chi connectivity index (χ0n) is 13.9. The van der Waals surface area contributed by atoms with Crippen molar-refractivity contribution in [3.05, 3.63) is 40.9 Å². The van der Waals surface area contributed by atoms with Crippen molar-refractivity contribution in [1.29, 1.82) is 0 Å². The first-order chi connectivity index (χ1) is 12.2. The molecule has 1 amide bonds. The topological polar surface area (TPSA) is 84.1 Å². The number of benzene rings is 1. The van der Waals surface area contributed by atoms with Gasteiger partial charge in [0.05, 0.1) is 15.7 Å². The van der Waals surface area contributed by atoms with Crippen molar-refractivity contribution in [2.75, 3.05) is 13.1 Å². The molecule has 1 aliphatic heterocycles. The number of aliphatic hydroxyl groups excluding tert-OH is 1. The third-order valence-electron chi connectivity index (χ3n) is 4.79. The molecule has 130 valence electrons. The number of rotatable bonds is 3. The fourth-order valence-electron chi connectivity index (χ4n) is 3.41. The highest BCUT2D eigenvalue weighted by Crippen LogP contribution is 2.27. The van der Waals surface area contributed by atoms with Crippen LogP contribution in [0, 0.1) is 0 Å². The number of fused-ring (bicyclic) bond motifs is 1. The first-order valence-corrected chi connectivity index (χ1v) is 9.17. The summed E-state index contributed by atoms with van der Waals surface area (Å²) in [6.07, 6.45) is 1.90. The molecule has 8 heteroatoms. The van der Waals surface area contributed by atoms with Crippen molar-refractivity contribution < 1.29 is 9.90 Å². The molecular formula is C17H19N5O2S. The summed E-state index contributed by atoms with van der Waals surface area (Å²) in [5.41, 5.74) is 3.42. The summed E-state index contributed by atoms with van der Waals surface area (Å²) >= 11 is 1.54. The van der Waals surface area contributed by atoms with Gasteiger partial charge in [-0.15, -0.1) is 21.5 Å². The maximum absolute atomic E-state index is 12.9. The van der Waals surface area contributed by atoms with E-state index in [1.807, 2.05) is 34.7 Å². The van der Waals surface area contributed by atoms with Gasteiger partial charge in [-0.3, -0.25) is 4.79 Å². The lowest BCUT2D eigenvalue weighted by Crippen LogP contribution is -2.39. The molecule has 3 aromatic rings. The summed E-state index contributed by atoms with van der Waals surface area (Å²) in [5.74, 6) is 1.57. The first-order valence-electron chi connectivity index (χ1n) is 8.29. The molecule has 0 aliphatic carbocycles. The van der Waals surface area contributed by atoms with Crippen LogP contribution in [-0.2, 0) is 13.7 Å². The molecule has 7 nitrogen and oxygen atoms in total. The van der Waals surface area contributed by atoms with E-state index in [2.05, 4.69) is 15.2 Å². The maximum atomic E-state index is 12.9. The lowest BCUT2D eigenvalue weighted by Gasteiger charge is -2.32. The van der Waals surface area contributed by atoms with Crippen LogP contribution < -0.4 is 0 Å². The quantitative estimate of drug-likeness (QED) is 0.774. The summed E-state index contributed by atoms with van der Waals surface area (Å²) < 4.78 is 2.86. The van der Waals surface area contributed by atoms with Gasteiger partial charge in [-0.05, 0) is 31.0 Å². The Labute approximate surface area is 148 Å². The van der Waals surface area contributed by atoms with Gasteiger partial charge >= 0.3 is 0 Å². The van der Waals surface area contributed by atoms with Crippen LogP contribution in [0.2, 0.25) is 0 Å². The van der Waals surface area contributed by atoms with Gasteiger partial charge in [-0.2, -0.15) is 0 Å². The second-order valence-corrected chi connectivity index (χ2v) is 7.20. The number of piperidine rings is 1. The van der Waals surface area contributed by atoms with E-state index in [4.69, 9.17) is 0 Å². The number of thiazole rings is 1.